The van der Waals surface area contributed by atoms with Crippen LogP contribution < -0.4 is 11.1 Å². The third-order valence-electron chi connectivity index (χ3n) is 5.76. The van der Waals surface area contributed by atoms with E-state index < -0.39 is 5.41 Å². The maximum atomic E-state index is 12.9. The second kappa shape index (κ2) is 7.32. The highest BCUT2D eigenvalue weighted by atomic mass is 32.1. The van der Waals surface area contributed by atoms with Crippen molar-refractivity contribution >= 4 is 17.2 Å². The molecule has 1 aromatic rings. The molecule has 0 bridgehead atoms. The molecule has 0 spiro atoms. The number of ether oxygens (including phenoxy) is 1. The molecule has 0 unspecified atom stereocenters. The van der Waals surface area contributed by atoms with Crippen LogP contribution in [-0.4, -0.2) is 32.2 Å². The predicted molar refractivity (Wildman–Crippen MR) is 93.6 cm³/mol. The number of rotatable bonds is 5. The Balaban J connectivity index is 1.70. The van der Waals surface area contributed by atoms with E-state index in [-0.39, 0.29) is 11.3 Å². The van der Waals surface area contributed by atoms with Gasteiger partial charge in [0.05, 0.1) is 5.41 Å². The van der Waals surface area contributed by atoms with Crippen molar-refractivity contribution in [3.63, 3.8) is 0 Å². The van der Waals surface area contributed by atoms with E-state index in [1.165, 1.54) is 37.0 Å². The molecule has 1 amide bonds. The molecule has 5 heteroatoms. The lowest BCUT2D eigenvalue weighted by atomic mass is 9.72. The summed E-state index contributed by atoms with van der Waals surface area (Å²) in [6.07, 6.45) is 7.64. The fraction of sp³-hybridized carbons (Fsp3) is 0.722. The summed E-state index contributed by atoms with van der Waals surface area (Å²) < 4.78 is 5.42. The minimum Gasteiger partial charge on any atom is -0.381 e. The lowest BCUT2D eigenvalue weighted by molar-refractivity contribution is -0.136. The zero-order valence-corrected chi connectivity index (χ0v) is 14.6. The Morgan fingerprint density at radius 3 is 2.57 bits per heavy atom. The first-order chi connectivity index (χ1) is 11.2. The van der Waals surface area contributed by atoms with Crippen LogP contribution >= 0.6 is 11.3 Å². The standard InChI is InChI=1S/C18H28N2O2S/c19-13-17(8-10-22-11-9-17)16(21)20-14-18(6-2-1-3-7-18)15-5-4-12-23-15/h4-5,12H,1-3,6-11,13-14,19H2,(H,20,21). The molecule has 4 nitrogen and oxygen atoms in total. The Hall–Kier alpha value is -0.910. The summed E-state index contributed by atoms with van der Waals surface area (Å²) in [6, 6.07) is 4.35. The molecule has 2 fully saturated rings. The van der Waals surface area contributed by atoms with Crippen LogP contribution in [0.2, 0.25) is 0 Å². The maximum Gasteiger partial charge on any atom is 0.227 e. The second-order valence-corrected chi connectivity index (χ2v) is 8.05. The van der Waals surface area contributed by atoms with Crippen LogP contribution in [0.3, 0.4) is 0 Å². The van der Waals surface area contributed by atoms with E-state index in [9.17, 15) is 4.79 Å². The number of carbonyl (C=O) groups is 1. The van der Waals surface area contributed by atoms with Gasteiger partial charge in [0, 0.05) is 36.6 Å². The van der Waals surface area contributed by atoms with Crippen molar-refractivity contribution in [1.82, 2.24) is 5.32 Å². The van der Waals surface area contributed by atoms with Gasteiger partial charge in [0.25, 0.3) is 0 Å². The van der Waals surface area contributed by atoms with Gasteiger partial charge >= 0.3 is 0 Å². The van der Waals surface area contributed by atoms with Gasteiger partial charge in [0.1, 0.15) is 0 Å². The summed E-state index contributed by atoms with van der Waals surface area (Å²) >= 11 is 1.82. The number of nitrogens with one attached hydrogen (secondary N) is 1. The first kappa shape index (κ1) is 16.9. The Morgan fingerprint density at radius 2 is 1.96 bits per heavy atom. The molecule has 1 aliphatic heterocycles. The summed E-state index contributed by atoms with van der Waals surface area (Å²) in [5.41, 5.74) is 5.66. The van der Waals surface area contributed by atoms with Crippen molar-refractivity contribution in [2.75, 3.05) is 26.3 Å². The van der Waals surface area contributed by atoms with Gasteiger partial charge in [-0.15, -0.1) is 11.3 Å². The minimum absolute atomic E-state index is 0.128. The maximum absolute atomic E-state index is 12.9. The van der Waals surface area contributed by atoms with Crippen molar-refractivity contribution in [3.8, 4) is 0 Å². The number of hydrogen-bond acceptors (Lipinski definition) is 4. The quantitative estimate of drug-likeness (QED) is 0.869. The summed E-state index contributed by atoms with van der Waals surface area (Å²) in [5, 5.41) is 5.42. The van der Waals surface area contributed by atoms with Crippen molar-refractivity contribution < 1.29 is 9.53 Å². The lowest BCUT2D eigenvalue weighted by Gasteiger charge is -2.39. The molecule has 2 heterocycles. The highest BCUT2D eigenvalue weighted by Gasteiger charge is 2.41. The SMILES string of the molecule is NCC1(C(=O)NCC2(c3cccs3)CCCCC2)CCOCC1. The average molecular weight is 337 g/mol. The first-order valence-electron chi connectivity index (χ1n) is 8.81. The second-order valence-electron chi connectivity index (χ2n) is 7.10. The van der Waals surface area contributed by atoms with E-state index in [0.717, 1.165) is 19.4 Å². The Bertz CT molecular complexity index is 503. The van der Waals surface area contributed by atoms with E-state index in [1.807, 2.05) is 11.3 Å². The third kappa shape index (κ3) is 3.47. The average Bonchev–Trinajstić information content (AvgIpc) is 3.16. The van der Waals surface area contributed by atoms with E-state index in [4.69, 9.17) is 10.5 Å². The van der Waals surface area contributed by atoms with Crippen molar-refractivity contribution in [1.29, 1.82) is 0 Å². The van der Waals surface area contributed by atoms with E-state index in [0.29, 0.717) is 19.8 Å². The summed E-state index contributed by atoms with van der Waals surface area (Å²) in [6.45, 7) is 2.44. The number of amides is 1. The summed E-state index contributed by atoms with van der Waals surface area (Å²) in [7, 11) is 0. The highest BCUT2D eigenvalue weighted by molar-refractivity contribution is 7.10. The van der Waals surface area contributed by atoms with Gasteiger partial charge in [0.15, 0.2) is 0 Å². The van der Waals surface area contributed by atoms with Gasteiger partial charge in [-0.3, -0.25) is 4.79 Å². The number of hydrogen-bond donors (Lipinski definition) is 2. The molecular formula is C18H28N2O2S. The smallest absolute Gasteiger partial charge is 0.227 e. The number of nitrogens with two attached hydrogens (primary N) is 1. The Morgan fingerprint density at radius 1 is 1.22 bits per heavy atom. The van der Waals surface area contributed by atoms with Crippen LogP contribution in [0.15, 0.2) is 17.5 Å². The van der Waals surface area contributed by atoms with Gasteiger partial charge in [-0.1, -0.05) is 25.3 Å². The third-order valence-corrected chi connectivity index (χ3v) is 6.88. The first-order valence-corrected chi connectivity index (χ1v) is 9.69. The molecule has 1 saturated carbocycles. The van der Waals surface area contributed by atoms with Crippen LogP contribution in [0.4, 0.5) is 0 Å². The van der Waals surface area contributed by atoms with Gasteiger partial charge in [-0.2, -0.15) is 0 Å². The zero-order valence-electron chi connectivity index (χ0n) is 13.8. The summed E-state index contributed by atoms with van der Waals surface area (Å²) in [4.78, 5) is 14.3. The molecule has 0 aromatic carbocycles. The van der Waals surface area contributed by atoms with Crippen molar-refractivity contribution in [2.45, 2.75) is 50.4 Å². The van der Waals surface area contributed by atoms with Gasteiger partial charge < -0.3 is 15.8 Å². The van der Waals surface area contributed by atoms with Gasteiger partial charge in [0.2, 0.25) is 5.91 Å². The van der Waals surface area contributed by atoms with Gasteiger partial charge in [-0.05, 0) is 37.1 Å². The van der Waals surface area contributed by atoms with Crippen LogP contribution in [0.1, 0.15) is 49.8 Å². The molecular weight excluding hydrogens is 308 g/mol. The molecule has 0 atom stereocenters. The lowest BCUT2D eigenvalue weighted by Crippen LogP contribution is -2.52. The molecule has 1 aromatic heterocycles. The predicted octanol–water partition coefficient (Wildman–Crippen LogP) is 2.82. The molecule has 3 rings (SSSR count). The Labute approximate surface area is 142 Å². The molecule has 1 aliphatic carbocycles. The van der Waals surface area contributed by atoms with Crippen LogP contribution in [0, 0.1) is 5.41 Å². The van der Waals surface area contributed by atoms with Crippen molar-refractivity contribution in [2.24, 2.45) is 11.1 Å². The van der Waals surface area contributed by atoms with Crippen molar-refractivity contribution in [3.05, 3.63) is 22.4 Å². The Kier molecular flexibility index (Phi) is 5.39. The molecule has 1 saturated heterocycles. The molecule has 23 heavy (non-hydrogen) atoms. The van der Waals surface area contributed by atoms with Gasteiger partial charge in [-0.25, -0.2) is 0 Å². The van der Waals surface area contributed by atoms with E-state index >= 15 is 0 Å². The zero-order chi connectivity index (χ0) is 16.2. The van der Waals surface area contributed by atoms with Crippen LogP contribution in [0.25, 0.3) is 0 Å². The van der Waals surface area contributed by atoms with Crippen LogP contribution in [0.5, 0.6) is 0 Å². The molecule has 3 N–H and O–H groups in total. The van der Waals surface area contributed by atoms with E-state index in [1.54, 1.807) is 0 Å². The largest absolute Gasteiger partial charge is 0.381 e. The highest BCUT2D eigenvalue weighted by Crippen LogP contribution is 2.41. The molecule has 128 valence electrons. The monoisotopic (exact) mass is 336 g/mol. The minimum atomic E-state index is -0.427. The fourth-order valence-electron chi connectivity index (χ4n) is 4.04. The van der Waals surface area contributed by atoms with Crippen LogP contribution in [-0.2, 0) is 14.9 Å². The molecule has 2 aliphatic rings. The van der Waals surface area contributed by atoms with E-state index in [2.05, 4.69) is 22.8 Å². The topological polar surface area (TPSA) is 64.4 Å². The number of carbonyl (C=O) groups excluding carboxylic acids is 1. The summed E-state index contributed by atoms with van der Waals surface area (Å²) in [5.74, 6) is 0.129. The molecule has 0 radical (unpaired) electrons. The number of thiophene rings is 1. The normalized spacial score (nSPS) is 23.3. The fourth-order valence-corrected chi connectivity index (χ4v) is 5.03.